The smallest absolute Gasteiger partial charge is 0.262 e. The zero-order valence-electron chi connectivity index (χ0n) is 34.9. The van der Waals surface area contributed by atoms with Crippen molar-refractivity contribution in [2.24, 2.45) is 16.7 Å². The van der Waals surface area contributed by atoms with Gasteiger partial charge in [-0.1, -0.05) is 57.2 Å². The number of anilines is 1. The number of halogens is 1. The summed E-state index contributed by atoms with van der Waals surface area (Å²) in [5.41, 5.74) is 3.88. The molecule has 4 fully saturated rings. The lowest BCUT2D eigenvalue weighted by atomic mass is 9.49. The van der Waals surface area contributed by atoms with E-state index in [1.54, 1.807) is 30.3 Å². The molecule has 13 heteroatoms. The molecular weight excluding hydrogens is 792 g/mol. The summed E-state index contributed by atoms with van der Waals surface area (Å²) in [7, 11) is 0. The summed E-state index contributed by atoms with van der Waals surface area (Å²) in [5.74, 6) is 6.00. The molecule has 0 spiro atoms. The second-order valence-electron chi connectivity index (χ2n) is 18.5. The van der Waals surface area contributed by atoms with Crippen molar-refractivity contribution in [1.29, 1.82) is 0 Å². The minimum atomic E-state index is -0.976. The van der Waals surface area contributed by atoms with E-state index >= 15 is 0 Å². The van der Waals surface area contributed by atoms with Crippen molar-refractivity contribution in [1.82, 2.24) is 20.0 Å². The van der Waals surface area contributed by atoms with Crippen LogP contribution in [0.2, 0.25) is 5.02 Å². The zero-order valence-corrected chi connectivity index (χ0v) is 35.7. The first kappa shape index (κ1) is 40.7. The van der Waals surface area contributed by atoms with E-state index < -0.39 is 29.7 Å². The van der Waals surface area contributed by atoms with Gasteiger partial charge in [0.25, 0.3) is 17.7 Å². The third-order valence-corrected chi connectivity index (χ3v) is 14.3. The first-order chi connectivity index (χ1) is 29.1. The van der Waals surface area contributed by atoms with Crippen LogP contribution in [0, 0.1) is 35.2 Å². The SMILES string of the molecule is [C-]#[N+]c1ccc(OC2C(C)(C)C(N3Cc4cc(C#CC5CCC(N6CCN(c7ccc8c(c7)C(=O)N(C7CCC(=O)NC7=O)C8=O)CC6)CC5)ccc4C3=O)C2(C)C)cc1Cl. The predicted molar refractivity (Wildman–Crippen MR) is 229 cm³/mol. The summed E-state index contributed by atoms with van der Waals surface area (Å²) in [4.78, 5) is 75.8. The standard InChI is InChI=1S/C48H49ClN6O6/c1-47(2)45(48(3,4)46(47)61-33-14-17-38(50-5)37(49)26-33)54-27-30-24-29(10-15-34(30)42(54)58)7-6-28-8-11-31(12-9-28)52-20-22-53(23-21-52)32-13-16-35-36(25-32)44(60)55(43(35)59)39-18-19-40(56)51-41(39)57/h10,13-17,24-26,28,31,39,45-46H,8-9,11-12,18-23,27H2,1-4H3,(H,51,56,57). The van der Waals surface area contributed by atoms with Gasteiger partial charge in [-0.3, -0.25) is 39.1 Å². The fraction of sp³-hybridized carbons (Fsp3) is 0.458. The van der Waals surface area contributed by atoms with Gasteiger partial charge in [-0.25, -0.2) is 4.85 Å². The van der Waals surface area contributed by atoms with Crippen molar-refractivity contribution in [2.45, 2.75) is 97.0 Å². The number of carbonyl (C=O) groups is 5. The van der Waals surface area contributed by atoms with Gasteiger partial charge in [0.15, 0.2) is 0 Å². The molecule has 314 valence electrons. The number of fused-ring (bicyclic) bond motifs is 2. The van der Waals surface area contributed by atoms with Crippen LogP contribution in [-0.2, 0) is 16.1 Å². The zero-order chi connectivity index (χ0) is 43.0. The Kier molecular flexibility index (Phi) is 10.2. The normalized spacial score (nSPS) is 26.8. The van der Waals surface area contributed by atoms with Gasteiger partial charge in [0, 0.05) is 84.8 Å². The third kappa shape index (κ3) is 7.04. The summed E-state index contributed by atoms with van der Waals surface area (Å²) in [6, 6.07) is 16.0. The van der Waals surface area contributed by atoms with E-state index in [0.29, 0.717) is 46.1 Å². The van der Waals surface area contributed by atoms with Crippen molar-refractivity contribution >= 4 is 52.5 Å². The minimum absolute atomic E-state index is 0.0416. The van der Waals surface area contributed by atoms with E-state index in [1.807, 2.05) is 23.1 Å². The molecule has 0 radical (unpaired) electrons. The summed E-state index contributed by atoms with van der Waals surface area (Å²) in [6.45, 7) is 19.8. The number of piperazine rings is 1. The molecule has 2 saturated carbocycles. The Morgan fingerprint density at radius 1 is 0.803 bits per heavy atom. The highest BCUT2D eigenvalue weighted by atomic mass is 35.5. The van der Waals surface area contributed by atoms with Crippen LogP contribution in [0.1, 0.15) is 108 Å². The topological polar surface area (TPSA) is 124 Å². The Hall–Kier alpha value is -5.69. The van der Waals surface area contributed by atoms with Gasteiger partial charge >= 0.3 is 0 Å². The van der Waals surface area contributed by atoms with E-state index in [1.165, 1.54) is 0 Å². The molecule has 2 aliphatic carbocycles. The van der Waals surface area contributed by atoms with Crippen molar-refractivity contribution in [2.75, 3.05) is 31.1 Å². The van der Waals surface area contributed by atoms with Crippen LogP contribution in [0.25, 0.3) is 4.85 Å². The molecule has 1 N–H and O–H groups in total. The largest absolute Gasteiger partial charge is 0.489 e. The molecule has 0 bridgehead atoms. The Bertz CT molecular complexity index is 2470. The first-order valence-electron chi connectivity index (χ1n) is 21.3. The van der Waals surface area contributed by atoms with E-state index in [0.717, 1.165) is 79.1 Å². The molecule has 1 atom stereocenters. The molecule has 2 saturated heterocycles. The highest BCUT2D eigenvalue weighted by Crippen LogP contribution is 2.59. The van der Waals surface area contributed by atoms with E-state index in [9.17, 15) is 24.0 Å². The van der Waals surface area contributed by atoms with Crippen LogP contribution in [0.3, 0.4) is 0 Å². The molecule has 4 heterocycles. The number of rotatable bonds is 6. The second kappa shape index (κ2) is 15.3. The summed E-state index contributed by atoms with van der Waals surface area (Å²) in [5, 5.41) is 2.61. The molecule has 3 aromatic rings. The van der Waals surface area contributed by atoms with E-state index in [2.05, 4.69) is 65.6 Å². The lowest BCUT2D eigenvalue weighted by molar-refractivity contribution is -0.199. The van der Waals surface area contributed by atoms with Crippen LogP contribution in [-0.4, -0.2) is 94.6 Å². The predicted octanol–water partition coefficient (Wildman–Crippen LogP) is 6.86. The summed E-state index contributed by atoms with van der Waals surface area (Å²) >= 11 is 6.31. The molecule has 61 heavy (non-hydrogen) atoms. The van der Waals surface area contributed by atoms with Crippen LogP contribution < -0.4 is 15.0 Å². The van der Waals surface area contributed by atoms with Gasteiger partial charge in [-0.2, -0.15) is 0 Å². The van der Waals surface area contributed by atoms with Crippen LogP contribution in [0.4, 0.5) is 11.4 Å². The van der Waals surface area contributed by atoms with Gasteiger partial charge < -0.3 is 14.5 Å². The molecule has 0 aromatic heterocycles. The van der Waals surface area contributed by atoms with Crippen molar-refractivity contribution in [3.63, 3.8) is 0 Å². The van der Waals surface area contributed by atoms with Crippen molar-refractivity contribution in [3.8, 4) is 17.6 Å². The fourth-order valence-electron chi connectivity index (χ4n) is 11.4. The quantitative estimate of drug-likeness (QED) is 0.162. The lowest BCUT2D eigenvalue weighted by Crippen LogP contribution is -2.74. The number of piperidine rings is 1. The van der Waals surface area contributed by atoms with E-state index in [4.69, 9.17) is 22.9 Å². The maximum atomic E-state index is 13.8. The Morgan fingerprint density at radius 2 is 1.51 bits per heavy atom. The monoisotopic (exact) mass is 840 g/mol. The second-order valence-corrected chi connectivity index (χ2v) is 19.0. The van der Waals surface area contributed by atoms with Gasteiger partial charge in [0.1, 0.15) is 17.9 Å². The molecule has 12 nitrogen and oxygen atoms in total. The lowest BCUT2D eigenvalue weighted by Gasteiger charge is -2.65. The molecule has 5 amide bonds. The maximum absolute atomic E-state index is 13.8. The third-order valence-electron chi connectivity index (χ3n) is 14.0. The Morgan fingerprint density at radius 3 is 2.20 bits per heavy atom. The highest BCUT2D eigenvalue weighted by Gasteiger charge is 2.67. The molecule has 1 unspecified atom stereocenters. The number of ether oxygens (including phenoxy) is 1. The van der Waals surface area contributed by atoms with Crippen molar-refractivity contribution in [3.05, 3.63) is 98.9 Å². The van der Waals surface area contributed by atoms with Crippen LogP contribution in [0.15, 0.2) is 54.6 Å². The number of hydrogen-bond acceptors (Lipinski definition) is 8. The van der Waals surface area contributed by atoms with Gasteiger partial charge in [0.05, 0.1) is 22.7 Å². The summed E-state index contributed by atoms with van der Waals surface area (Å²) in [6.07, 6.45) is 4.28. The first-order valence-corrected chi connectivity index (χ1v) is 21.7. The number of carbonyl (C=O) groups excluding carboxylic acids is 5. The average molecular weight is 841 g/mol. The molecule has 3 aromatic carbocycles. The molecule has 4 aliphatic heterocycles. The maximum Gasteiger partial charge on any atom is 0.262 e. The highest BCUT2D eigenvalue weighted by molar-refractivity contribution is 6.33. The van der Waals surface area contributed by atoms with Gasteiger partial charge in [-0.05, 0) is 86.2 Å². The number of nitrogens with zero attached hydrogens (tertiary/aromatic N) is 5. The van der Waals surface area contributed by atoms with Crippen LogP contribution in [0.5, 0.6) is 5.75 Å². The number of imide groups is 2. The molecule has 9 rings (SSSR count). The Labute approximate surface area is 361 Å². The van der Waals surface area contributed by atoms with Crippen molar-refractivity contribution < 1.29 is 28.7 Å². The summed E-state index contributed by atoms with van der Waals surface area (Å²) < 4.78 is 6.49. The Balaban J connectivity index is 0.770. The van der Waals surface area contributed by atoms with Crippen LogP contribution >= 0.6 is 11.6 Å². The number of hydrogen-bond donors (Lipinski definition) is 1. The number of benzene rings is 3. The van der Waals surface area contributed by atoms with Gasteiger partial charge in [-0.15, -0.1) is 0 Å². The van der Waals surface area contributed by atoms with E-state index in [-0.39, 0.29) is 41.7 Å². The fourth-order valence-corrected chi connectivity index (χ4v) is 11.6. The molecule has 6 aliphatic rings. The van der Waals surface area contributed by atoms with Gasteiger partial charge in [0.2, 0.25) is 17.5 Å². The molecular formula is C48H49ClN6O6. The average Bonchev–Trinajstić information content (AvgIpc) is 3.68. The minimum Gasteiger partial charge on any atom is -0.489 e. The number of amides is 5. The number of nitrogens with one attached hydrogen (secondary N) is 1.